The van der Waals surface area contributed by atoms with Gasteiger partial charge in [-0.15, -0.1) is 0 Å². The van der Waals surface area contributed by atoms with Gasteiger partial charge in [-0.25, -0.2) is 4.79 Å². The molecule has 3 N–H and O–H groups in total. The van der Waals surface area contributed by atoms with Crippen LogP contribution < -0.4 is 10.6 Å². The third-order valence-electron chi connectivity index (χ3n) is 3.26. The molecule has 0 aromatic rings. The van der Waals surface area contributed by atoms with E-state index in [9.17, 15) is 19.2 Å². The number of amides is 4. The molecule has 1 heterocycles. The molecule has 1 aliphatic rings. The molecule has 118 valence electrons. The van der Waals surface area contributed by atoms with E-state index in [1.54, 1.807) is 11.9 Å². The van der Waals surface area contributed by atoms with Crippen LogP contribution in [0.3, 0.4) is 0 Å². The summed E-state index contributed by atoms with van der Waals surface area (Å²) in [6.07, 6.45) is 1.89. The quantitative estimate of drug-likeness (QED) is 0.601. The highest BCUT2D eigenvalue weighted by molar-refractivity contribution is 5.94. The van der Waals surface area contributed by atoms with Gasteiger partial charge < -0.3 is 15.3 Å². The molecule has 8 nitrogen and oxygen atoms in total. The van der Waals surface area contributed by atoms with Gasteiger partial charge in [0.25, 0.3) is 0 Å². The van der Waals surface area contributed by atoms with Gasteiger partial charge in [-0.3, -0.25) is 19.7 Å². The summed E-state index contributed by atoms with van der Waals surface area (Å²) < 4.78 is 0. The first kappa shape index (κ1) is 16.9. The molecule has 0 aromatic carbocycles. The number of likely N-dealkylation sites (tertiary alicyclic amines) is 1. The summed E-state index contributed by atoms with van der Waals surface area (Å²) in [4.78, 5) is 46.2. The number of likely N-dealkylation sites (N-methyl/N-ethyl adjacent to an activating group) is 1. The largest absolute Gasteiger partial charge is 0.481 e. The second kappa shape index (κ2) is 8.23. The predicted octanol–water partition coefficient (Wildman–Crippen LogP) is 0.0780. The highest BCUT2D eigenvalue weighted by Gasteiger charge is 2.24. The van der Waals surface area contributed by atoms with Gasteiger partial charge in [0.1, 0.15) is 0 Å². The van der Waals surface area contributed by atoms with Crippen LogP contribution in [0.15, 0.2) is 0 Å². The molecule has 0 radical (unpaired) electrons. The van der Waals surface area contributed by atoms with E-state index in [0.717, 1.165) is 0 Å². The first-order valence-electron chi connectivity index (χ1n) is 6.94. The average molecular weight is 299 g/mol. The average Bonchev–Trinajstić information content (AvgIpc) is 2.38. The van der Waals surface area contributed by atoms with Crippen LogP contribution in [0.5, 0.6) is 0 Å². The van der Waals surface area contributed by atoms with Crippen molar-refractivity contribution in [3.05, 3.63) is 0 Å². The lowest BCUT2D eigenvalue weighted by atomic mass is 10.1. The van der Waals surface area contributed by atoms with Crippen molar-refractivity contribution in [3.8, 4) is 0 Å². The van der Waals surface area contributed by atoms with Crippen LogP contribution in [0.4, 0.5) is 4.79 Å². The molecule has 1 atom stereocenters. The van der Waals surface area contributed by atoms with Gasteiger partial charge >= 0.3 is 12.0 Å². The number of unbranched alkanes of at least 4 members (excludes halogenated alkanes) is 1. The van der Waals surface area contributed by atoms with Gasteiger partial charge in [0.15, 0.2) is 0 Å². The Bertz CT molecular complexity index is 424. The second-order valence-corrected chi connectivity index (χ2v) is 5.13. The fourth-order valence-corrected chi connectivity index (χ4v) is 2.10. The molecule has 0 spiro atoms. The Balaban J connectivity index is 2.19. The number of hydrogen-bond acceptors (Lipinski definition) is 4. The van der Waals surface area contributed by atoms with Gasteiger partial charge in [-0.2, -0.15) is 0 Å². The van der Waals surface area contributed by atoms with Crippen molar-refractivity contribution in [2.24, 2.45) is 0 Å². The van der Waals surface area contributed by atoms with Crippen molar-refractivity contribution in [2.75, 3.05) is 13.6 Å². The van der Waals surface area contributed by atoms with E-state index in [4.69, 9.17) is 5.11 Å². The molecule has 1 aliphatic heterocycles. The number of imide groups is 1. The van der Waals surface area contributed by atoms with Crippen molar-refractivity contribution in [1.29, 1.82) is 0 Å². The lowest BCUT2D eigenvalue weighted by molar-refractivity contribution is -0.137. The minimum Gasteiger partial charge on any atom is -0.481 e. The molecular formula is C13H21N3O5. The lowest BCUT2D eigenvalue weighted by Gasteiger charge is -2.30. The summed E-state index contributed by atoms with van der Waals surface area (Å²) in [5.74, 6) is -1.29. The predicted molar refractivity (Wildman–Crippen MR) is 73.4 cm³/mol. The minimum atomic E-state index is -0.899. The van der Waals surface area contributed by atoms with E-state index in [2.05, 4.69) is 10.6 Å². The SMILES string of the molecule is CN1CC(NC(=O)NC(=O)CCCCC(=O)O)CCC1=O. The van der Waals surface area contributed by atoms with Crippen molar-refractivity contribution in [2.45, 2.75) is 44.6 Å². The number of rotatable bonds is 6. The van der Waals surface area contributed by atoms with Crippen molar-refractivity contribution in [3.63, 3.8) is 0 Å². The number of carboxylic acid groups (broad SMARTS) is 1. The fourth-order valence-electron chi connectivity index (χ4n) is 2.10. The Kier molecular flexibility index (Phi) is 6.64. The highest BCUT2D eigenvalue weighted by Crippen LogP contribution is 2.09. The number of nitrogens with zero attached hydrogens (tertiary/aromatic N) is 1. The number of hydrogen-bond donors (Lipinski definition) is 3. The fraction of sp³-hybridized carbons (Fsp3) is 0.692. The molecule has 0 bridgehead atoms. The number of piperidine rings is 1. The van der Waals surface area contributed by atoms with Crippen molar-refractivity contribution in [1.82, 2.24) is 15.5 Å². The number of carbonyl (C=O) groups excluding carboxylic acids is 3. The summed E-state index contributed by atoms with van der Waals surface area (Å²) >= 11 is 0. The van der Waals surface area contributed by atoms with Crippen LogP contribution in [-0.4, -0.2) is 53.5 Å². The van der Waals surface area contributed by atoms with E-state index in [-0.39, 0.29) is 24.8 Å². The zero-order chi connectivity index (χ0) is 15.8. The van der Waals surface area contributed by atoms with E-state index >= 15 is 0 Å². The van der Waals surface area contributed by atoms with Gasteiger partial charge in [0.2, 0.25) is 11.8 Å². The first-order chi connectivity index (χ1) is 9.88. The normalized spacial score (nSPS) is 18.2. The minimum absolute atomic E-state index is 0.0158. The van der Waals surface area contributed by atoms with Crippen molar-refractivity contribution >= 4 is 23.8 Å². The molecule has 1 rings (SSSR count). The smallest absolute Gasteiger partial charge is 0.321 e. The molecule has 1 fully saturated rings. The molecular weight excluding hydrogens is 278 g/mol. The number of aliphatic carboxylic acids is 1. The maximum absolute atomic E-state index is 11.6. The molecule has 4 amide bonds. The summed E-state index contributed by atoms with van der Waals surface area (Å²) in [5.41, 5.74) is 0. The molecule has 8 heteroatoms. The maximum Gasteiger partial charge on any atom is 0.321 e. The monoisotopic (exact) mass is 299 g/mol. The standard InChI is InChI=1S/C13H21N3O5/c1-16-8-9(6-7-11(16)18)14-13(21)15-10(17)4-2-3-5-12(19)20/h9H,2-8H2,1H3,(H,19,20)(H2,14,15,17,21). The summed E-state index contributed by atoms with van der Waals surface area (Å²) in [5, 5.41) is 13.3. The molecule has 1 saturated heterocycles. The summed E-state index contributed by atoms with van der Waals surface area (Å²) in [6, 6.07) is -0.738. The van der Waals surface area contributed by atoms with Gasteiger partial charge in [0.05, 0.1) is 0 Å². The zero-order valence-electron chi connectivity index (χ0n) is 12.1. The van der Waals surface area contributed by atoms with E-state index < -0.39 is 17.9 Å². The Labute approximate surface area is 122 Å². The first-order valence-corrected chi connectivity index (χ1v) is 6.94. The summed E-state index contributed by atoms with van der Waals surface area (Å²) in [7, 11) is 1.67. The molecule has 0 aliphatic carbocycles. The number of carboxylic acids is 1. The summed E-state index contributed by atoms with van der Waals surface area (Å²) in [6.45, 7) is 0.430. The van der Waals surface area contributed by atoms with E-state index in [0.29, 0.717) is 32.2 Å². The van der Waals surface area contributed by atoms with Crippen LogP contribution in [0, 0.1) is 0 Å². The van der Waals surface area contributed by atoms with E-state index in [1.807, 2.05) is 0 Å². The third kappa shape index (κ3) is 6.73. The third-order valence-corrected chi connectivity index (χ3v) is 3.26. The van der Waals surface area contributed by atoms with E-state index in [1.165, 1.54) is 0 Å². The number of urea groups is 1. The van der Waals surface area contributed by atoms with Gasteiger partial charge in [0, 0.05) is 38.9 Å². The van der Waals surface area contributed by atoms with Crippen molar-refractivity contribution < 1.29 is 24.3 Å². The maximum atomic E-state index is 11.6. The van der Waals surface area contributed by atoms with Crippen LogP contribution in [-0.2, 0) is 14.4 Å². The second-order valence-electron chi connectivity index (χ2n) is 5.13. The Hall–Kier alpha value is -2.12. The van der Waals surface area contributed by atoms with Gasteiger partial charge in [-0.1, -0.05) is 0 Å². The van der Waals surface area contributed by atoms with Crippen LogP contribution in [0.25, 0.3) is 0 Å². The number of nitrogens with one attached hydrogen (secondary N) is 2. The van der Waals surface area contributed by atoms with Crippen LogP contribution >= 0.6 is 0 Å². The lowest BCUT2D eigenvalue weighted by Crippen LogP contribution is -2.51. The number of carbonyl (C=O) groups is 4. The zero-order valence-corrected chi connectivity index (χ0v) is 12.1. The van der Waals surface area contributed by atoms with Crippen LogP contribution in [0.2, 0.25) is 0 Å². The molecule has 21 heavy (non-hydrogen) atoms. The van der Waals surface area contributed by atoms with Crippen LogP contribution in [0.1, 0.15) is 38.5 Å². The Morgan fingerprint density at radius 3 is 2.57 bits per heavy atom. The molecule has 0 aromatic heterocycles. The van der Waals surface area contributed by atoms with Gasteiger partial charge in [-0.05, 0) is 19.3 Å². The molecule has 1 unspecified atom stereocenters. The topological polar surface area (TPSA) is 116 Å². The highest BCUT2D eigenvalue weighted by atomic mass is 16.4. The Morgan fingerprint density at radius 1 is 1.29 bits per heavy atom. The Morgan fingerprint density at radius 2 is 1.95 bits per heavy atom. The molecule has 0 saturated carbocycles.